The lowest BCUT2D eigenvalue weighted by molar-refractivity contribution is 0.128. The average Bonchev–Trinajstić information content (AvgIpc) is 2.33. The van der Waals surface area contributed by atoms with Gasteiger partial charge in [0.1, 0.15) is 18.2 Å². The summed E-state index contributed by atoms with van der Waals surface area (Å²) in [4.78, 5) is 8.55. The van der Waals surface area contributed by atoms with Gasteiger partial charge >= 0.3 is 0 Å². The minimum absolute atomic E-state index is 0.391. The lowest BCUT2D eigenvalue weighted by atomic mass is 10.2. The minimum atomic E-state index is 0.391. The van der Waals surface area contributed by atoms with Crippen LogP contribution in [0.25, 0.3) is 0 Å². The van der Waals surface area contributed by atoms with Crippen molar-refractivity contribution in [3.63, 3.8) is 0 Å². The molecule has 4 N–H and O–H groups in total. The fourth-order valence-electron chi connectivity index (χ4n) is 1.23. The molecule has 6 nitrogen and oxygen atoms in total. The van der Waals surface area contributed by atoms with Gasteiger partial charge in [-0.05, 0) is 12.8 Å². The van der Waals surface area contributed by atoms with Crippen LogP contribution in [0.3, 0.4) is 0 Å². The highest BCUT2D eigenvalue weighted by molar-refractivity contribution is 5.46. The summed E-state index contributed by atoms with van der Waals surface area (Å²) in [7, 11) is 0. The molecule has 0 atom stereocenters. The second kappa shape index (κ2) is 7.03. The molecule has 0 fully saturated rings. The van der Waals surface area contributed by atoms with Gasteiger partial charge in [-0.25, -0.2) is 15.8 Å². The molecule has 0 spiro atoms. The summed E-state index contributed by atoms with van der Waals surface area (Å²) >= 11 is 0. The van der Waals surface area contributed by atoms with Gasteiger partial charge in [0.05, 0.1) is 0 Å². The van der Waals surface area contributed by atoms with Crippen molar-refractivity contribution in [2.75, 3.05) is 23.9 Å². The van der Waals surface area contributed by atoms with E-state index in [1.807, 2.05) is 6.92 Å². The van der Waals surface area contributed by atoms with Crippen LogP contribution in [0.1, 0.15) is 26.6 Å². The van der Waals surface area contributed by atoms with Gasteiger partial charge < -0.3 is 15.5 Å². The molecule has 1 aromatic heterocycles. The van der Waals surface area contributed by atoms with Crippen LogP contribution in [0.4, 0.5) is 11.6 Å². The number of hydrogen-bond donors (Lipinski definition) is 3. The number of nitrogens with zero attached hydrogens (tertiary/aromatic N) is 2. The monoisotopic (exact) mass is 239 g/mol. The van der Waals surface area contributed by atoms with Crippen LogP contribution in [-0.4, -0.2) is 23.1 Å². The summed E-state index contributed by atoms with van der Waals surface area (Å²) in [5, 5.41) is 3.23. The number of nitrogens with one attached hydrogen (secondary N) is 2. The largest absolute Gasteiger partial charge is 0.374 e. The van der Waals surface area contributed by atoms with E-state index in [1.165, 1.54) is 0 Å². The van der Waals surface area contributed by atoms with E-state index in [9.17, 15) is 0 Å². The van der Waals surface area contributed by atoms with Gasteiger partial charge in [0.25, 0.3) is 0 Å². The summed E-state index contributed by atoms with van der Waals surface area (Å²) < 4.78 is 5.28. The first kappa shape index (κ1) is 13.7. The molecule has 17 heavy (non-hydrogen) atoms. The zero-order valence-electron chi connectivity index (χ0n) is 10.7. The topological polar surface area (TPSA) is 85.1 Å². The Morgan fingerprint density at radius 1 is 1.35 bits per heavy atom. The Bertz CT molecular complexity index is 343. The Kier molecular flexibility index (Phi) is 5.65. The number of anilines is 2. The lowest BCUT2D eigenvalue weighted by Crippen LogP contribution is -2.14. The number of nitrogen functional groups attached to an aromatic ring is 1. The van der Waals surface area contributed by atoms with E-state index in [0.717, 1.165) is 12.4 Å². The van der Waals surface area contributed by atoms with Crippen molar-refractivity contribution < 1.29 is 4.74 Å². The second-order valence-electron chi connectivity index (χ2n) is 4.11. The lowest BCUT2D eigenvalue weighted by Gasteiger charge is -2.11. The van der Waals surface area contributed by atoms with Gasteiger partial charge in [-0.15, -0.1) is 0 Å². The highest BCUT2D eigenvalue weighted by atomic mass is 16.5. The van der Waals surface area contributed by atoms with Gasteiger partial charge in [-0.2, -0.15) is 0 Å². The molecule has 1 rings (SSSR count). The van der Waals surface area contributed by atoms with Crippen molar-refractivity contribution in [1.29, 1.82) is 0 Å². The maximum atomic E-state index is 5.36. The van der Waals surface area contributed by atoms with E-state index in [2.05, 4.69) is 34.6 Å². The van der Waals surface area contributed by atoms with Crippen LogP contribution in [-0.2, 0) is 11.3 Å². The maximum absolute atomic E-state index is 5.36. The summed E-state index contributed by atoms with van der Waals surface area (Å²) in [6, 6.07) is 1.78. The quantitative estimate of drug-likeness (QED) is 0.492. The van der Waals surface area contributed by atoms with E-state index in [0.29, 0.717) is 30.8 Å². The molecule has 0 aliphatic carbocycles. The minimum Gasteiger partial charge on any atom is -0.374 e. The van der Waals surface area contributed by atoms with Crippen molar-refractivity contribution in [1.82, 2.24) is 9.97 Å². The number of hydrazine groups is 1. The molecule has 1 heterocycles. The Balaban J connectivity index is 2.73. The molecule has 0 aromatic carbocycles. The van der Waals surface area contributed by atoms with Crippen LogP contribution in [0.5, 0.6) is 0 Å². The van der Waals surface area contributed by atoms with Crippen LogP contribution in [0, 0.1) is 5.92 Å². The first-order valence-electron chi connectivity index (χ1n) is 5.81. The molecule has 0 bridgehead atoms. The molecule has 0 saturated carbocycles. The fraction of sp³-hybridized carbons (Fsp3) is 0.636. The molecule has 96 valence electrons. The summed E-state index contributed by atoms with van der Waals surface area (Å²) in [6.45, 7) is 8.09. The molecule has 6 heteroatoms. The second-order valence-corrected chi connectivity index (χ2v) is 4.11. The van der Waals surface area contributed by atoms with Crippen molar-refractivity contribution in [2.24, 2.45) is 11.8 Å². The first-order valence-corrected chi connectivity index (χ1v) is 5.81. The number of hydrogen-bond acceptors (Lipinski definition) is 6. The van der Waals surface area contributed by atoms with Crippen LogP contribution in [0.15, 0.2) is 6.07 Å². The predicted octanol–water partition coefficient (Wildman–Crippen LogP) is 1.37. The number of nitrogens with two attached hydrogens (primary N) is 1. The number of ether oxygens (including phenoxy) is 1. The molecular formula is C11H21N5O. The number of rotatable bonds is 7. The molecule has 1 aromatic rings. The zero-order valence-corrected chi connectivity index (χ0v) is 10.7. The molecule has 0 radical (unpaired) electrons. The zero-order chi connectivity index (χ0) is 12.7. The van der Waals surface area contributed by atoms with Crippen molar-refractivity contribution in [3.8, 4) is 0 Å². The SMILES string of the molecule is CCOCc1nc(NN)cc(NCC(C)C)n1. The molecule has 0 amide bonds. The molecule has 0 saturated heterocycles. The van der Waals surface area contributed by atoms with Crippen LogP contribution >= 0.6 is 0 Å². The van der Waals surface area contributed by atoms with Gasteiger partial charge in [-0.3, -0.25) is 0 Å². The van der Waals surface area contributed by atoms with Gasteiger partial charge in [0.15, 0.2) is 5.82 Å². The molecule has 0 aliphatic heterocycles. The van der Waals surface area contributed by atoms with Gasteiger partial charge in [-0.1, -0.05) is 13.8 Å². The number of aromatic nitrogens is 2. The standard InChI is InChI=1S/C11H21N5O/c1-4-17-7-11-14-9(13-6-8(2)3)5-10(15-11)16-12/h5,8H,4,6-7,12H2,1-3H3,(H2,13,14,15,16). The van der Waals surface area contributed by atoms with Crippen molar-refractivity contribution in [2.45, 2.75) is 27.4 Å². The maximum Gasteiger partial charge on any atom is 0.158 e. The van der Waals surface area contributed by atoms with Crippen LogP contribution < -0.4 is 16.6 Å². The smallest absolute Gasteiger partial charge is 0.158 e. The summed E-state index contributed by atoms with van der Waals surface area (Å²) in [5.41, 5.74) is 2.53. The third-order valence-electron chi connectivity index (χ3n) is 2.05. The normalized spacial score (nSPS) is 10.6. The third-order valence-corrected chi connectivity index (χ3v) is 2.05. The van der Waals surface area contributed by atoms with E-state index in [-0.39, 0.29) is 0 Å². The molecule has 0 aliphatic rings. The van der Waals surface area contributed by atoms with Gasteiger partial charge in [0, 0.05) is 19.2 Å². The van der Waals surface area contributed by atoms with Crippen molar-refractivity contribution in [3.05, 3.63) is 11.9 Å². The third kappa shape index (κ3) is 4.97. The Morgan fingerprint density at radius 2 is 2.06 bits per heavy atom. The first-order chi connectivity index (χ1) is 8.15. The Morgan fingerprint density at radius 3 is 2.65 bits per heavy atom. The molecule has 0 unspecified atom stereocenters. The average molecular weight is 239 g/mol. The summed E-state index contributed by atoms with van der Waals surface area (Å²) in [5.74, 6) is 7.88. The van der Waals surface area contributed by atoms with Crippen LogP contribution in [0.2, 0.25) is 0 Å². The fourth-order valence-corrected chi connectivity index (χ4v) is 1.23. The molecular weight excluding hydrogens is 218 g/mol. The van der Waals surface area contributed by atoms with E-state index in [4.69, 9.17) is 10.6 Å². The van der Waals surface area contributed by atoms with Crippen molar-refractivity contribution >= 4 is 11.6 Å². The van der Waals surface area contributed by atoms with E-state index < -0.39 is 0 Å². The predicted molar refractivity (Wildman–Crippen MR) is 68.5 cm³/mol. The Hall–Kier alpha value is -1.40. The highest BCUT2D eigenvalue weighted by Gasteiger charge is 2.04. The summed E-state index contributed by atoms with van der Waals surface area (Å²) in [6.07, 6.45) is 0. The highest BCUT2D eigenvalue weighted by Crippen LogP contribution is 2.11. The van der Waals surface area contributed by atoms with E-state index in [1.54, 1.807) is 6.07 Å². The van der Waals surface area contributed by atoms with E-state index >= 15 is 0 Å². The Labute approximate surface area is 102 Å². The van der Waals surface area contributed by atoms with Gasteiger partial charge in [0.2, 0.25) is 0 Å².